The van der Waals surface area contributed by atoms with E-state index >= 15 is 0 Å². The number of hydrogen-bond acceptors (Lipinski definition) is 6. The Kier molecular flexibility index (Phi) is 5.02. The lowest BCUT2D eigenvalue weighted by Crippen LogP contribution is -2.07. The quantitative estimate of drug-likeness (QED) is 0.468. The van der Waals surface area contributed by atoms with E-state index in [4.69, 9.17) is 21.1 Å². The standard InChI is InChI=1S/C16H14ClN3O4/c17-16-18-9-14(12-4-6-23-7-5-12)15(19-16)24-10-11-2-1-3-13(8-11)20(21)22/h1-4,8-9H,5-7,10H2. The van der Waals surface area contributed by atoms with E-state index in [-0.39, 0.29) is 17.6 Å². The van der Waals surface area contributed by atoms with Crippen LogP contribution in [0.3, 0.4) is 0 Å². The van der Waals surface area contributed by atoms with Crippen LogP contribution in [0.25, 0.3) is 5.57 Å². The summed E-state index contributed by atoms with van der Waals surface area (Å²) < 4.78 is 11.1. The van der Waals surface area contributed by atoms with Crippen molar-refractivity contribution in [3.8, 4) is 5.88 Å². The monoisotopic (exact) mass is 347 g/mol. The Morgan fingerprint density at radius 2 is 2.29 bits per heavy atom. The third kappa shape index (κ3) is 3.87. The zero-order chi connectivity index (χ0) is 16.9. The van der Waals surface area contributed by atoms with E-state index in [9.17, 15) is 10.1 Å². The normalized spacial score (nSPS) is 14.1. The van der Waals surface area contributed by atoms with Gasteiger partial charge in [0.25, 0.3) is 5.69 Å². The SMILES string of the molecule is O=[N+]([O-])c1cccc(COc2nc(Cl)ncc2C2=CCOCC2)c1. The summed E-state index contributed by atoms with van der Waals surface area (Å²) in [6.07, 6.45) is 4.31. The summed E-state index contributed by atoms with van der Waals surface area (Å²) in [4.78, 5) is 18.5. The lowest BCUT2D eigenvalue weighted by molar-refractivity contribution is -0.384. The van der Waals surface area contributed by atoms with Crippen LogP contribution in [0.2, 0.25) is 5.28 Å². The van der Waals surface area contributed by atoms with Crippen LogP contribution in [0.1, 0.15) is 17.5 Å². The lowest BCUT2D eigenvalue weighted by atomic mass is 10.0. The molecule has 0 amide bonds. The molecule has 1 aromatic heterocycles. The van der Waals surface area contributed by atoms with E-state index < -0.39 is 4.92 Å². The molecule has 0 spiro atoms. The molecule has 1 aliphatic rings. The van der Waals surface area contributed by atoms with Gasteiger partial charge in [0, 0.05) is 18.3 Å². The second kappa shape index (κ2) is 7.37. The Bertz CT molecular complexity index is 795. The van der Waals surface area contributed by atoms with Gasteiger partial charge in [0.2, 0.25) is 11.2 Å². The third-order valence-electron chi connectivity index (χ3n) is 3.53. The smallest absolute Gasteiger partial charge is 0.269 e. The molecule has 3 rings (SSSR count). The van der Waals surface area contributed by atoms with Gasteiger partial charge in [-0.1, -0.05) is 18.2 Å². The Morgan fingerprint density at radius 1 is 1.42 bits per heavy atom. The Morgan fingerprint density at radius 3 is 3.04 bits per heavy atom. The molecule has 0 radical (unpaired) electrons. The molecule has 0 N–H and O–H groups in total. The Balaban J connectivity index is 1.82. The van der Waals surface area contributed by atoms with E-state index in [1.807, 2.05) is 6.08 Å². The summed E-state index contributed by atoms with van der Waals surface area (Å²) in [6.45, 7) is 1.30. The van der Waals surface area contributed by atoms with Crippen molar-refractivity contribution in [2.75, 3.05) is 13.2 Å². The van der Waals surface area contributed by atoms with Crippen LogP contribution >= 0.6 is 11.6 Å². The van der Waals surface area contributed by atoms with Crippen LogP contribution < -0.4 is 4.74 Å². The highest BCUT2D eigenvalue weighted by Gasteiger charge is 2.15. The molecule has 0 unspecified atom stereocenters. The molecular weight excluding hydrogens is 334 g/mol. The van der Waals surface area contributed by atoms with Crippen molar-refractivity contribution in [3.05, 3.63) is 63.1 Å². The third-order valence-corrected chi connectivity index (χ3v) is 3.71. The molecular formula is C16H14ClN3O4. The molecule has 2 heterocycles. The fraction of sp³-hybridized carbons (Fsp3) is 0.250. The molecule has 0 saturated carbocycles. The second-order valence-electron chi connectivity index (χ2n) is 5.13. The maximum absolute atomic E-state index is 10.8. The summed E-state index contributed by atoms with van der Waals surface area (Å²) in [6, 6.07) is 6.27. The number of benzene rings is 1. The summed E-state index contributed by atoms with van der Waals surface area (Å²) in [5.74, 6) is 0.356. The fourth-order valence-electron chi connectivity index (χ4n) is 2.36. The molecule has 0 atom stereocenters. The summed E-state index contributed by atoms with van der Waals surface area (Å²) >= 11 is 5.87. The minimum atomic E-state index is -0.441. The van der Waals surface area contributed by atoms with Crippen LogP contribution in [0.4, 0.5) is 5.69 Å². The molecule has 0 fully saturated rings. The molecule has 0 bridgehead atoms. The van der Waals surface area contributed by atoms with Gasteiger partial charge >= 0.3 is 0 Å². The molecule has 7 nitrogen and oxygen atoms in total. The van der Waals surface area contributed by atoms with Crippen LogP contribution in [-0.4, -0.2) is 28.1 Å². The molecule has 2 aromatic rings. The van der Waals surface area contributed by atoms with Crippen LogP contribution in [0, 0.1) is 10.1 Å². The Hall–Kier alpha value is -2.51. The van der Waals surface area contributed by atoms with Crippen molar-refractivity contribution in [1.82, 2.24) is 9.97 Å². The van der Waals surface area contributed by atoms with Crippen LogP contribution in [-0.2, 0) is 11.3 Å². The fourth-order valence-corrected chi connectivity index (χ4v) is 2.48. The van der Waals surface area contributed by atoms with Crippen molar-refractivity contribution < 1.29 is 14.4 Å². The van der Waals surface area contributed by atoms with Gasteiger partial charge in [-0.2, -0.15) is 4.98 Å². The van der Waals surface area contributed by atoms with Crippen molar-refractivity contribution >= 4 is 22.9 Å². The van der Waals surface area contributed by atoms with E-state index in [0.29, 0.717) is 24.7 Å². The zero-order valence-electron chi connectivity index (χ0n) is 12.6. The first-order chi connectivity index (χ1) is 11.6. The molecule has 24 heavy (non-hydrogen) atoms. The molecule has 124 valence electrons. The van der Waals surface area contributed by atoms with Crippen molar-refractivity contribution in [2.24, 2.45) is 0 Å². The van der Waals surface area contributed by atoms with Gasteiger partial charge in [0.05, 0.1) is 23.7 Å². The second-order valence-corrected chi connectivity index (χ2v) is 5.47. The van der Waals surface area contributed by atoms with E-state index in [1.54, 1.807) is 18.3 Å². The maximum atomic E-state index is 10.8. The van der Waals surface area contributed by atoms with Crippen molar-refractivity contribution in [3.63, 3.8) is 0 Å². The topological polar surface area (TPSA) is 87.4 Å². The first kappa shape index (κ1) is 16.4. The van der Waals surface area contributed by atoms with Gasteiger partial charge < -0.3 is 9.47 Å². The number of halogens is 1. The summed E-state index contributed by atoms with van der Waals surface area (Å²) in [5.41, 5.74) is 2.48. The number of ether oxygens (including phenoxy) is 2. The first-order valence-electron chi connectivity index (χ1n) is 7.29. The van der Waals surface area contributed by atoms with Gasteiger partial charge in [0.15, 0.2) is 0 Å². The van der Waals surface area contributed by atoms with Crippen LogP contribution in [0.15, 0.2) is 36.5 Å². The number of aromatic nitrogens is 2. The van der Waals surface area contributed by atoms with E-state index in [0.717, 1.165) is 17.6 Å². The number of nitro benzene ring substituents is 1. The Labute approximate surface area is 143 Å². The largest absolute Gasteiger partial charge is 0.472 e. The number of non-ortho nitro benzene ring substituents is 1. The highest BCUT2D eigenvalue weighted by atomic mass is 35.5. The average molecular weight is 348 g/mol. The minimum Gasteiger partial charge on any atom is -0.472 e. The predicted octanol–water partition coefficient (Wildman–Crippen LogP) is 3.42. The minimum absolute atomic E-state index is 0.0178. The highest BCUT2D eigenvalue weighted by Crippen LogP contribution is 2.29. The average Bonchev–Trinajstić information content (AvgIpc) is 2.61. The summed E-state index contributed by atoms with van der Waals surface area (Å²) in [5, 5.41) is 10.9. The lowest BCUT2D eigenvalue weighted by Gasteiger charge is -2.16. The molecule has 8 heteroatoms. The van der Waals surface area contributed by atoms with Gasteiger partial charge in [-0.15, -0.1) is 0 Å². The molecule has 1 aromatic carbocycles. The molecule has 1 aliphatic heterocycles. The number of hydrogen-bond donors (Lipinski definition) is 0. The predicted molar refractivity (Wildman–Crippen MR) is 87.9 cm³/mol. The molecule has 0 aliphatic carbocycles. The van der Waals surface area contributed by atoms with E-state index in [2.05, 4.69) is 9.97 Å². The van der Waals surface area contributed by atoms with Gasteiger partial charge in [0.1, 0.15) is 6.61 Å². The van der Waals surface area contributed by atoms with Crippen molar-refractivity contribution in [1.29, 1.82) is 0 Å². The van der Waals surface area contributed by atoms with Crippen molar-refractivity contribution in [2.45, 2.75) is 13.0 Å². The van der Waals surface area contributed by atoms with Gasteiger partial charge in [-0.05, 0) is 29.2 Å². The van der Waals surface area contributed by atoms with Crippen LogP contribution in [0.5, 0.6) is 5.88 Å². The highest BCUT2D eigenvalue weighted by molar-refractivity contribution is 6.28. The molecule has 0 saturated heterocycles. The van der Waals surface area contributed by atoms with Gasteiger partial charge in [-0.25, -0.2) is 4.98 Å². The number of rotatable bonds is 5. The first-order valence-corrected chi connectivity index (χ1v) is 7.67. The van der Waals surface area contributed by atoms with Gasteiger partial charge in [-0.3, -0.25) is 10.1 Å². The maximum Gasteiger partial charge on any atom is 0.269 e. The number of nitro groups is 1. The number of nitrogens with zero attached hydrogens (tertiary/aromatic N) is 3. The summed E-state index contributed by atoms with van der Waals surface area (Å²) in [7, 11) is 0. The van der Waals surface area contributed by atoms with E-state index in [1.165, 1.54) is 12.1 Å². The zero-order valence-corrected chi connectivity index (χ0v) is 13.4.